The number of aromatic carboxylic acids is 1. The van der Waals surface area contributed by atoms with E-state index in [1.165, 1.54) is 31.4 Å². The van der Waals surface area contributed by atoms with Crippen LogP contribution in [0.25, 0.3) is 0 Å². The van der Waals surface area contributed by atoms with Crippen LogP contribution in [-0.4, -0.2) is 26.6 Å². The van der Waals surface area contributed by atoms with Gasteiger partial charge in [0.2, 0.25) is 10.0 Å². The number of ether oxygens (including phenoxy) is 1. The zero-order chi connectivity index (χ0) is 16.2. The van der Waals surface area contributed by atoms with E-state index >= 15 is 0 Å². The van der Waals surface area contributed by atoms with Gasteiger partial charge in [-0.15, -0.1) is 0 Å². The third-order valence-electron chi connectivity index (χ3n) is 2.99. The number of sulfonamides is 1. The second-order valence-electron chi connectivity index (χ2n) is 4.51. The van der Waals surface area contributed by atoms with Gasteiger partial charge in [-0.3, -0.25) is 0 Å². The van der Waals surface area contributed by atoms with E-state index in [9.17, 15) is 13.2 Å². The molecule has 0 aromatic heterocycles. The lowest BCUT2D eigenvalue weighted by atomic mass is 10.1. The second kappa shape index (κ2) is 6.59. The highest BCUT2D eigenvalue weighted by Gasteiger charge is 2.14. The molecule has 0 saturated carbocycles. The Morgan fingerprint density at radius 2 is 1.91 bits per heavy atom. The molecule has 0 saturated heterocycles. The van der Waals surface area contributed by atoms with E-state index < -0.39 is 16.0 Å². The number of benzene rings is 2. The molecule has 6 nitrogen and oxygen atoms in total. The Kier molecular flexibility index (Phi) is 4.79. The van der Waals surface area contributed by atoms with Crippen molar-refractivity contribution in [3.63, 3.8) is 0 Å². The summed E-state index contributed by atoms with van der Waals surface area (Å²) in [5, 5.41) is 8.92. The van der Waals surface area contributed by atoms with Crippen molar-refractivity contribution in [2.24, 2.45) is 0 Å². The molecule has 2 rings (SSSR count). The molecular weight excluding hydrogens is 306 g/mol. The summed E-state index contributed by atoms with van der Waals surface area (Å²) < 4.78 is 31.8. The van der Waals surface area contributed by atoms with Crippen LogP contribution in [0.2, 0.25) is 0 Å². The summed E-state index contributed by atoms with van der Waals surface area (Å²) in [4.78, 5) is 11.0. The molecule has 0 amide bonds. The van der Waals surface area contributed by atoms with Crippen LogP contribution in [0.3, 0.4) is 0 Å². The summed E-state index contributed by atoms with van der Waals surface area (Å²) in [7, 11) is -2.25. The van der Waals surface area contributed by atoms with Gasteiger partial charge in [0.25, 0.3) is 0 Å². The lowest BCUT2D eigenvalue weighted by molar-refractivity contribution is 0.0696. The van der Waals surface area contributed by atoms with Gasteiger partial charge < -0.3 is 9.84 Å². The van der Waals surface area contributed by atoms with Crippen LogP contribution in [0.4, 0.5) is 0 Å². The van der Waals surface area contributed by atoms with Crippen LogP contribution < -0.4 is 9.46 Å². The van der Waals surface area contributed by atoms with Gasteiger partial charge in [-0.05, 0) is 29.8 Å². The first-order chi connectivity index (χ1) is 10.4. The molecule has 2 N–H and O–H groups in total. The van der Waals surface area contributed by atoms with Gasteiger partial charge in [0.05, 0.1) is 17.6 Å². The molecule has 0 aliphatic rings. The van der Waals surface area contributed by atoms with Crippen molar-refractivity contribution < 1.29 is 23.1 Å². The summed E-state index contributed by atoms with van der Waals surface area (Å²) in [6.07, 6.45) is 0. The molecule has 0 atom stereocenters. The molecule has 22 heavy (non-hydrogen) atoms. The smallest absolute Gasteiger partial charge is 0.335 e. The van der Waals surface area contributed by atoms with E-state index in [0.29, 0.717) is 11.3 Å². The Morgan fingerprint density at radius 3 is 2.59 bits per heavy atom. The molecule has 116 valence electrons. The summed E-state index contributed by atoms with van der Waals surface area (Å²) in [5.41, 5.74) is 0.671. The Morgan fingerprint density at radius 1 is 1.18 bits per heavy atom. The molecule has 0 aliphatic heterocycles. The monoisotopic (exact) mass is 321 g/mol. The number of hydrogen-bond donors (Lipinski definition) is 2. The maximum Gasteiger partial charge on any atom is 0.335 e. The molecule has 0 bridgehead atoms. The number of hydrogen-bond acceptors (Lipinski definition) is 4. The van der Waals surface area contributed by atoms with E-state index in [-0.39, 0.29) is 17.0 Å². The number of carbonyl (C=O) groups is 1. The number of carboxylic acid groups (broad SMARTS) is 1. The lowest BCUT2D eigenvalue weighted by Gasteiger charge is -2.08. The number of nitrogens with one attached hydrogen (secondary N) is 1. The standard InChI is InChI=1S/C15H15NO5S/c1-21-13-6-3-7-14(9-13)22(19,20)16-10-11-4-2-5-12(8-11)15(17)18/h2-9,16H,10H2,1H3,(H,17,18). The average molecular weight is 321 g/mol. The van der Waals surface area contributed by atoms with Crippen molar-refractivity contribution in [3.05, 3.63) is 59.7 Å². The zero-order valence-electron chi connectivity index (χ0n) is 11.8. The summed E-state index contributed by atoms with van der Waals surface area (Å²) in [6, 6.07) is 12.2. The average Bonchev–Trinajstić information content (AvgIpc) is 2.53. The highest BCUT2D eigenvalue weighted by atomic mass is 32.2. The predicted molar refractivity (Wildman–Crippen MR) is 80.4 cm³/mol. The largest absolute Gasteiger partial charge is 0.497 e. The Bertz CT molecular complexity index is 786. The molecule has 7 heteroatoms. The zero-order valence-corrected chi connectivity index (χ0v) is 12.6. The van der Waals surface area contributed by atoms with Gasteiger partial charge >= 0.3 is 5.97 Å². The summed E-state index contributed by atoms with van der Waals surface area (Å²) in [5.74, 6) is -0.617. The molecule has 0 unspecified atom stereocenters. The van der Waals surface area contributed by atoms with E-state index in [0.717, 1.165) is 0 Å². The van der Waals surface area contributed by atoms with Crippen LogP contribution in [0.1, 0.15) is 15.9 Å². The maximum absolute atomic E-state index is 12.2. The molecule has 0 aliphatic carbocycles. The van der Waals surface area contributed by atoms with Crippen molar-refractivity contribution in [1.82, 2.24) is 4.72 Å². The number of carboxylic acids is 1. The van der Waals surface area contributed by atoms with Crippen molar-refractivity contribution in [3.8, 4) is 5.75 Å². The molecular formula is C15H15NO5S. The highest BCUT2D eigenvalue weighted by Crippen LogP contribution is 2.17. The first-order valence-corrected chi connectivity index (χ1v) is 7.86. The second-order valence-corrected chi connectivity index (χ2v) is 6.28. The molecule has 0 heterocycles. The van der Waals surface area contributed by atoms with Crippen LogP contribution in [0, 0.1) is 0 Å². The fraction of sp³-hybridized carbons (Fsp3) is 0.133. The number of methoxy groups -OCH3 is 1. The third-order valence-corrected chi connectivity index (χ3v) is 4.39. The molecule has 0 fully saturated rings. The van der Waals surface area contributed by atoms with E-state index in [2.05, 4.69) is 4.72 Å². The minimum Gasteiger partial charge on any atom is -0.497 e. The minimum absolute atomic E-state index is 0.000658. The molecule has 2 aromatic rings. The van der Waals surface area contributed by atoms with Crippen LogP contribution in [-0.2, 0) is 16.6 Å². The predicted octanol–water partition coefficient (Wildman–Crippen LogP) is 1.87. The Labute approximate surface area is 128 Å². The Hall–Kier alpha value is -2.38. The summed E-state index contributed by atoms with van der Waals surface area (Å²) in [6.45, 7) is 0.000658. The minimum atomic E-state index is -3.70. The van der Waals surface area contributed by atoms with Gasteiger partial charge in [0, 0.05) is 12.6 Å². The van der Waals surface area contributed by atoms with Crippen molar-refractivity contribution in [2.75, 3.05) is 7.11 Å². The van der Waals surface area contributed by atoms with E-state index in [4.69, 9.17) is 9.84 Å². The molecule has 0 radical (unpaired) electrons. The fourth-order valence-electron chi connectivity index (χ4n) is 1.84. The number of rotatable bonds is 6. The third kappa shape index (κ3) is 3.84. The van der Waals surface area contributed by atoms with Gasteiger partial charge in [0.15, 0.2) is 0 Å². The van der Waals surface area contributed by atoms with Crippen LogP contribution >= 0.6 is 0 Å². The summed E-state index contributed by atoms with van der Waals surface area (Å²) >= 11 is 0. The fourth-order valence-corrected chi connectivity index (χ4v) is 2.90. The van der Waals surface area contributed by atoms with E-state index in [1.54, 1.807) is 24.3 Å². The SMILES string of the molecule is COc1cccc(S(=O)(=O)NCc2cccc(C(=O)O)c2)c1. The quantitative estimate of drug-likeness (QED) is 0.847. The molecule has 2 aromatic carbocycles. The normalized spacial score (nSPS) is 11.1. The van der Waals surface area contributed by atoms with Gasteiger partial charge in [-0.25, -0.2) is 17.9 Å². The van der Waals surface area contributed by atoms with Gasteiger partial charge in [-0.2, -0.15) is 0 Å². The van der Waals surface area contributed by atoms with Crippen LogP contribution in [0.15, 0.2) is 53.4 Å². The van der Waals surface area contributed by atoms with Crippen molar-refractivity contribution in [1.29, 1.82) is 0 Å². The van der Waals surface area contributed by atoms with Gasteiger partial charge in [-0.1, -0.05) is 18.2 Å². The molecule has 0 spiro atoms. The van der Waals surface area contributed by atoms with Crippen molar-refractivity contribution >= 4 is 16.0 Å². The van der Waals surface area contributed by atoms with Crippen LogP contribution in [0.5, 0.6) is 5.75 Å². The Balaban J connectivity index is 2.15. The highest BCUT2D eigenvalue weighted by molar-refractivity contribution is 7.89. The van der Waals surface area contributed by atoms with Gasteiger partial charge in [0.1, 0.15) is 5.75 Å². The first kappa shape index (κ1) is 16.0. The topological polar surface area (TPSA) is 92.7 Å². The first-order valence-electron chi connectivity index (χ1n) is 6.38. The van der Waals surface area contributed by atoms with E-state index in [1.807, 2.05) is 0 Å². The lowest BCUT2D eigenvalue weighted by Crippen LogP contribution is -2.23. The van der Waals surface area contributed by atoms with Crippen molar-refractivity contribution in [2.45, 2.75) is 11.4 Å². The maximum atomic E-state index is 12.2.